The Morgan fingerprint density at radius 3 is 2.90 bits per heavy atom. The van der Waals surface area contributed by atoms with Gasteiger partial charge < -0.3 is 10.6 Å². The van der Waals surface area contributed by atoms with Gasteiger partial charge in [-0.15, -0.1) is 0 Å². The largest absolute Gasteiger partial charge is 0.352 e. The van der Waals surface area contributed by atoms with E-state index in [1.165, 1.54) is 12.8 Å². The SMILES string of the molecule is Cc1cc(C(=O)NCCCNC2CC2)c2ccccc2n1. The van der Waals surface area contributed by atoms with E-state index in [4.69, 9.17) is 0 Å². The molecule has 0 unspecified atom stereocenters. The summed E-state index contributed by atoms with van der Waals surface area (Å²) in [7, 11) is 0. The summed E-state index contributed by atoms with van der Waals surface area (Å²) >= 11 is 0. The highest BCUT2D eigenvalue weighted by molar-refractivity contribution is 6.06. The predicted octanol–water partition coefficient (Wildman–Crippen LogP) is 2.42. The number of nitrogens with zero attached hydrogens (tertiary/aromatic N) is 1. The monoisotopic (exact) mass is 283 g/mol. The van der Waals surface area contributed by atoms with Crippen LogP contribution in [0.15, 0.2) is 30.3 Å². The second kappa shape index (κ2) is 6.22. The molecule has 4 heteroatoms. The summed E-state index contributed by atoms with van der Waals surface area (Å²) in [6.45, 7) is 3.60. The highest BCUT2D eigenvalue weighted by atomic mass is 16.1. The highest BCUT2D eigenvalue weighted by Crippen LogP contribution is 2.19. The van der Waals surface area contributed by atoms with E-state index in [9.17, 15) is 4.79 Å². The van der Waals surface area contributed by atoms with Gasteiger partial charge in [0.15, 0.2) is 0 Å². The first-order valence-corrected chi connectivity index (χ1v) is 7.62. The fourth-order valence-corrected chi connectivity index (χ4v) is 2.47. The van der Waals surface area contributed by atoms with Crippen LogP contribution in [-0.4, -0.2) is 30.0 Å². The smallest absolute Gasteiger partial charge is 0.252 e. The Morgan fingerprint density at radius 2 is 2.10 bits per heavy atom. The molecular formula is C17H21N3O. The van der Waals surface area contributed by atoms with Crippen LogP contribution in [-0.2, 0) is 0 Å². The van der Waals surface area contributed by atoms with E-state index in [2.05, 4.69) is 15.6 Å². The van der Waals surface area contributed by atoms with Gasteiger partial charge in [-0.3, -0.25) is 9.78 Å². The van der Waals surface area contributed by atoms with Gasteiger partial charge in [0.2, 0.25) is 0 Å². The molecule has 4 nitrogen and oxygen atoms in total. The number of aryl methyl sites for hydroxylation is 1. The van der Waals surface area contributed by atoms with Crippen LogP contribution in [0.5, 0.6) is 0 Å². The Hall–Kier alpha value is -1.94. The van der Waals surface area contributed by atoms with Gasteiger partial charge in [-0.1, -0.05) is 18.2 Å². The van der Waals surface area contributed by atoms with Crippen LogP contribution >= 0.6 is 0 Å². The molecule has 1 aliphatic rings. The van der Waals surface area contributed by atoms with Gasteiger partial charge in [0, 0.05) is 23.7 Å². The first kappa shape index (κ1) is 14.0. The number of carbonyl (C=O) groups is 1. The number of benzene rings is 1. The maximum absolute atomic E-state index is 12.4. The molecule has 2 aromatic rings. The standard InChI is InChI=1S/C17H21N3O/c1-12-11-15(14-5-2-3-6-16(14)20-12)17(21)19-10-4-9-18-13-7-8-13/h2-3,5-6,11,13,18H,4,7-10H2,1H3,(H,19,21). The lowest BCUT2D eigenvalue weighted by Crippen LogP contribution is -2.28. The second-order valence-corrected chi connectivity index (χ2v) is 5.67. The lowest BCUT2D eigenvalue weighted by Gasteiger charge is -2.09. The van der Waals surface area contributed by atoms with Crippen molar-refractivity contribution < 1.29 is 4.79 Å². The van der Waals surface area contributed by atoms with Gasteiger partial charge in [-0.2, -0.15) is 0 Å². The number of amides is 1. The fraction of sp³-hybridized carbons (Fsp3) is 0.412. The van der Waals surface area contributed by atoms with Gasteiger partial charge in [0.25, 0.3) is 5.91 Å². The zero-order valence-electron chi connectivity index (χ0n) is 12.4. The first-order valence-electron chi connectivity index (χ1n) is 7.62. The molecule has 1 aliphatic carbocycles. The zero-order valence-corrected chi connectivity index (χ0v) is 12.4. The topological polar surface area (TPSA) is 54.0 Å². The number of hydrogen-bond acceptors (Lipinski definition) is 3. The molecule has 0 atom stereocenters. The van der Waals surface area contributed by atoms with Gasteiger partial charge in [0.05, 0.1) is 11.1 Å². The van der Waals surface area contributed by atoms with Crippen molar-refractivity contribution in [1.29, 1.82) is 0 Å². The maximum atomic E-state index is 12.4. The summed E-state index contributed by atoms with van der Waals surface area (Å²) in [5, 5.41) is 7.37. The van der Waals surface area contributed by atoms with Crippen molar-refractivity contribution in [3.8, 4) is 0 Å². The van der Waals surface area contributed by atoms with Crippen LogP contribution in [0, 0.1) is 6.92 Å². The summed E-state index contributed by atoms with van der Waals surface area (Å²) in [6.07, 6.45) is 3.56. The van der Waals surface area contributed by atoms with Crippen LogP contribution in [0.1, 0.15) is 35.3 Å². The average Bonchev–Trinajstić information content (AvgIpc) is 3.30. The highest BCUT2D eigenvalue weighted by Gasteiger charge is 2.19. The second-order valence-electron chi connectivity index (χ2n) is 5.67. The van der Waals surface area contributed by atoms with Crippen molar-refractivity contribution in [2.45, 2.75) is 32.2 Å². The number of nitrogens with one attached hydrogen (secondary N) is 2. The van der Waals surface area contributed by atoms with Crippen molar-refractivity contribution in [3.05, 3.63) is 41.6 Å². The quantitative estimate of drug-likeness (QED) is 0.801. The normalized spacial score (nSPS) is 14.3. The third kappa shape index (κ3) is 3.58. The number of aromatic nitrogens is 1. The van der Waals surface area contributed by atoms with Crippen molar-refractivity contribution in [3.63, 3.8) is 0 Å². The van der Waals surface area contributed by atoms with Crippen molar-refractivity contribution in [2.75, 3.05) is 13.1 Å². The van der Waals surface area contributed by atoms with Crippen molar-refractivity contribution >= 4 is 16.8 Å². The van der Waals surface area contributed by atoms with Crippen LogP contribution in [0.3, 0.4) is 0 Å². The lowest BCUT2D eigenvalue weighted by atomic mass is 10.1. The molecule has 21 heavy (non-hydrogen) atoms. The molecular weight excluding hydrogens is 262 g/mol. The molecule has 0 bridgehead atoms. The summed E-state index contributed by atoms with van der Waals surface area (Å²) in [5.41, 5.74) is 2.46. The van der Waals surface area contributed by atoms with Gasteiger partial charge in [-0.25, -0.2) is 0 Å². The summed E-state index contributed by atoms with van der Waals surface area (Å²) in [5.74, 6) is -0.0110. The average molecular weight is 283 g/mol. The van der Waals surface area contributed by atoms with E-state index in [0.717, 1.165) is 35.6 Å². The number of carbonyl (C=O) groups excluding carboxylic acids is 1. The summed E-state index contributed by atoms with van der Waals surface area (Å²) < 4.78 is 0. The van der Waals surface area contributed by atoms with Crippen LogP contribution in [0.25, 0.3) is 10.9 Å². The minimum absolute atomic E-state index is 0.0110. The van der Waals surface area contributed by atoms with Gasteiger partial charge in [-0.05, 0) is 44.9 Å². The molecule has 1 amide bonds. The maximum Gasteiger partial charge on any atom is 0.252 e. The summed E-state index contributed by atoms with van der Waals surface area (Å²) in [6, 6.07) is 10.4. The number of pyridine rings is 1. The van der Waals surface area contributed by atoms with E-state index < -0.39 is 0 Å². The molecule has 0 aliphatic heterocycles. The van der Waals surface area contributed by atoms with Crippen molar-refractivity contribution in [2.24, 2.45) is 0 Å². The van der Waals surface area contributed by atoms with E-state index in [1.54, 1.807) is 0 Å². The number of rotatable bonds is 6. The molecule has 1 saturated carbocycles. The van der Waals surface area contributed by atoms with E-state index in [0.29, 0.717) is 12.1 Å². The van der Waals surface area contributed by atoms with Gasteiger partial charge in [0.1, 0.15) is 0 Å². The van der Waals surface area contributed by atoms with Crippen molar-refractivity contribution in [1.82, 2.24) is 15.6 Å². The third-order valence-electron chi connectivity index (χ3n) is 3.74. The molecule has 1 aromatic heterocycles. The molecule has 0 radical (unpaired) electrons. The number of hydrogen-bond donors (Lipinski definition) is 2. The Bertz CT molecular complexity index is 650. The minimum Gasteiger partial charge on any atom is -0.352 e. The van der Waals surface area contributed by atoms with E-state index >= 15 is 0 Å². The molecule has 2 N–H and O–H groups in total. The van der Waals surface area contributed by atoms with E-state index in [-0.39, 0.29) is 5.91 Å². The molecule has 0 spiro atoms. The Kier molecular flexibility index (Phi) is 4.15. The molecule has 1 heterocycles. The molecule has 110 valence electrons. The Balaban J connectivity index is 1.63. The minimum atomic E-state index is -0.0110. The molecule has 1 aromatic carbocycles. The first-order chi connectivity index (χ1) is 10.2. The van der Waals surface area contributed by atoms with E-state index in [1.807, 2.05) is 37.3 Å². The third-order valence-corrected chi connectivity index (χ3v) is 3.74. The predicted molar refractivity (Wildman–Crippen MR) is 84.5 cm³/mol. The van der Waals surface area contributed by atoms with Gasteiger partial charge >= 0.3 is 0 Å². The Morgan fingerprint density at radius 1 is 1.29 bits per heavy atom. The number of fused-ring (bicyclic) bond motifs is 1. The summed E-state index contributed by atoms with van der Waals surface area (Å²) in [4.78, 5) is 16.8. The number of para-hydroxylation sites is 1. The Labute approximate surface area is 125 Å². The van der Waals surface area contributed by atoms with Crippen LogP contribution in [0.2, 0.25) is 0 Å². The molecule has 0 saturated heterocycles. The zero-order chi connectivity index (χ0) is 14.7. The fourth-order valence-electron chi connectivity index (χ4n) is 2.47. The molecule has 3 rings (SSSR count). The van der Waals surface area contributed by atoms with Crippen LogP contribution in [0.4, 0.5) is 0 Å². The van der Waals surface area contributed by atoms with Crippen LogP contribution < -0.4 is 10.6 Å². The molecule has 1 fully saturated rings. The lowest BCUT2D eigenvalue weighted by molar-refractivity contribution is 0.0954.